The second kappa shape index (κ2) is 8.01. The third kappa shape index (κ3) is 4.51. The second-order valence-corrected chi connectivity index (χ2v) is 6.09. The SMILES string of the molecule is COc1cc(Cl)c(C)cc1Nc1ncc(C(=O)Nc2cccc(F)c2)cn1. The van der Waals surface area contributed by atoms with Gasteiger partial charge in [-0.25, -0.2) is 14.4 Å². The topological polar surface area (TPSA) is 76.1 Å². The molecule has 138 valence electrons. The molecule has 0 saturated heterocycles. The lowest BCUT2D eigenvalue weighted by Gasteiger charge is -2.12. The maximum atomic E-state index is 13.2. The molecule has 6 nitrogen and oxygen atoms in total. The summed E-state index contributed by atoms with van der Waals surface area (Å²) in [6, 6.07) is 9.13. The fourth-order valence-corrected chi connectivity index (χ4v) is 2.48. The van der Waals surface area contributed by atoms with Crippen LogP contribution in [0.5, 0.6) is 5.75 Å². The van der Waals surface area contributed by atoms with Gasteiger partial charge in [0.05, 0.1) is 18.4 Å². The summed E-state index contributed by atoms with van der Waals surface area (Å²) in [6.07, 6.45) is 2.75. The van der Waals surface area contributed by atoms with Crippen molar-refractivity contribution in [3.63, 3.8) is 0 Å². The van der Waals surface area contributed by atoms with Crippen LogP contribution in [0, 0.1) is 12.7 Å². The number of ether oxygens (including phenoxy) is 1. The van der Waals surface area contributed by atoms with Crippen molar-refractivity contribution < 1.29 is 13.9 Å². The number of aryl methyl sites for hydroxylation is 1. The number of carbonyl (C=O) groups excluding carboxylic acids is 1. The number of carbonyl (C=O) groups is 1. The maximum Gasteiger partial charge on any atom is 0.258 e. The Kier molecular flexibility index (Phi) is 5.52. The van der Waals surface area contributed by atoms with Crippen LogP contribution in [0.2, 0.25) is 5.02 Å². The number of benzene rings is 2. The molecule has 2 N–H and O–H groups in total. The van der Waals surface area contributed by atoms with Gasteiger partial charge in [0.15, 0.2) is 0 Å². The number of anilines is 3. The van der Waals surface area contributed by atoms with Crippen molar-refractivity contribution in [2.45, 2.75) is 6.92 Å². The third-order valence-electron chi connectivity index (χ3n) is 3.72. The number of hydrogen-bond acceptors (Lipinski definition) is 5. The number of methoxy groups -OCH3 is 1. The van der Waals surface area contributed by atoms with Gasteiger partial charge in [0.2, 0.25) is 5.95 Å². The summed E-state index contributed by atoms with van der Waals surface area (Å²) >= 11 is 6.09. The molecule has 27 heavy (non-hydrogen) atoms. The molecule has 2 aromatic carbocycles. The molecule has 3 aromatic rings. The second-order valence-electron chi connectivity index (χ2n) is 5.69. The summed E-state index contributed by atoms with van der Waals surface area (Å²) in [4.78, 5) is 20.5. The zero-order valence-corrected chi connectivity index (χ0v) is 15.3. The monoisotopic (exact) mass is 386 g/mol. The third-order valence-corrected chi connectivity index (χ3v) is 4.13. The van der Waals surface area contributed by atoms with Crippen molar-refractivity contribution in [1.29, 1.82) is 0 Å². The fraction of sp³-hybridized carbons (Fsp3) is 0.105. The molecule has 8 heteroatoms. The largest absolute Gasteiger partial charge is 0.495 e. The van der Waals surface area contributed by atoms with Crippen molar-refractivity contribution in [2.24, 2.45) is 0 Å². The molecule has 0 atom stereocenters. The highest BCUT2D eigenvalue weighted by Crippen LogP contribution is 2.32. The lowest BCUT2D eigenvalue weighted by Crippen LogP contribution is -2.13. The lowest BCUT2D eigenvalue weighted by molar-refractivity contribution is 0.102. The first-order valence-corrected chi connectivity index (χ1v) is 8.34. The van der Waals surface area contributed by atoms with E-state index >= 15 is 0 Å². The van der Waals surface area contributed by atoms with Gasteiger partial charge in [-0.05, 0) is 36.8 Å². The van der Waals surface area contributed by atoms with Crippen molar-refractivity contribution in [3.8, 4) is 5.75 Å². The van der Waals surface area contributed by atoms with Crippen LogP contribution in [0.1, 0.15) is 15.9 Å². The van der Waals surface area contributed by atoms with Crippen LogP contribution in [-0.2, 0) is 0 Å². The van der Waals surface area contributed by atoms with Crippen molar-refractivity contribution in [3.05, 3.63) is 70.8 Å². The van der Waals surface area contributed by atoms with E-state index in [0.717, 1.165) is 5.56 Å². The molecule has 3 rings (SSSR count). The zero-order valence-electron chi connectivity index (χ0n) is 14.6. The predicted octanol–water partition coefficient (Wildman–Crippen LogP) is 4.58. The van der Waals surface area contributed by atoms with Crippen LogP contribution in [0.25, 0.3) is 0 Å². The van der Waals surface area contributed by atoms with Crippen LogP contribution in [0.3, 0.4) is 0 Å². The Bertz CT molecular complexity index is 980. The molecular formula is C19H16ClFN4O2. The Morgan fingerprint density at radius 3 is 2.59 bits per heavy atom. The standard InChI is InChI=1S/C19H16ClFN4O2/c1-11-6-16(17(27-2)8-15(11)20)25-19-22-9-12(10-23-19)18(26)24-14-5-3-4-13(21)7-14/h3-10H,1-2H3,(H,24,26)(H,22,23,25). The van der Waals surface area contributed by atoms with E-state index in [1.54, 1.807) is 12.1 Å². The number of nitrogens with zero attached hydrogens (tertiary/aromatic N) is 2. The minimum Gasteiger partial charge on any atom is -0.495 e. The number of rotatable bonds is 5. The molecule has 0 radical (unpaired) electrons. The highest BCUT2D eigenvalue weighted by Gasteiger charge is 2.11. The van der Waals surface area contributed by atoms with E-state index in [1.165, 1.54) is 37.7 Å². The Morgan fingerprint density at radius 2 is 1.93 bits per heavy atom. The lowest BCUT2D eigenvalue weighted by atomic mass is 10.2. The van der Waals surface area contributed by atoms with E-state index < -0.39 is 11.7 Å². The molecule has 0 aliphatic heterocycles. The van der Waals surface area contributed by atoms with Gasteiger partial charge in [0.25, 0.3) is 5.91 Å². The first kappa shape index (κ1) is 18.6. The van der Waals surface area contributed by atoms with E-state index in [2.05, 4.69) is 20.6 Å². The maximum absolute atomic E-state index is 13.2. The summed E-state index contributed by atoms with van der Waals surface area (Å²) in [6.45, 7) is 1.87. The van der Waals surface area contributed by atoms with Crippen molar-refractivity contribution in [1.82, 2.24) is 9.97 Å². The zero-order chi connectivity index (χ0) is 19.4. The molecule has 0 bridgehead atoms. The first-order chi connectivity index (χ1) is 13.0. The van der Waals surface area contributed by atoms with E-state index in [1.807, 2.05) is 13.0 Å². The number of hydrogen-bond donors (Lipinski definition) is 2. The molecule has 1 amide bonds. The van der Waals surface area contributed by atoms with Crippen LogP contribution < -0.4 is 15.4 Å². The van der Waals surface area contributed by atoms with Gasteiger partial charge in [0.1, 0.15) is 11.6 Å². The van der Waals surface area contributed by atoms with Crippen LogP contribution in [0.15, 0.2) is 48.8 Å². The summed E-state index contributed by atoms with van der Waals surface area (Å²) in [5, 5.41) is 6.20. The molecule has 1 heterocycles. The molecule has 0 unspecified atom stereocenters. The molecule has 0 aliphatic carbocycles. The van der Waals surface area contributed by atoms with Crippen LogP contribution >= 0.6 is 11.6 Å². The Morgan fingerprint density at radius 1 is 1.19 bits per heavy atom. The number of aromatic nitrogens is 2. The molecular weight excluding hydrogens is 371 g/mol. The number of halogens is 2. The minimum atomic E-state index is -0.438. The van der Waals surface area contributed by atoms with Gasteiger partial charge in [-0.3, -0.25) is 4.79 Å². The van der Waals surface area contributed by atoms with Gasteiger partial charge in [-0.15, -0.1) is 0 Å². The number of amides is 1. The van der Waals surface area contributed by atoms with E-state index in [4.69, 9.17) is 16.3 Å². The molecule has 0 fully saturated rings. The first-order valence-electron chi connectivity index (χ1n) is 7.96. The number of nitrogens with one attached hydrogen (secondary N) is 2. The molecule has 0 spiro atoms. The predicted molar refractivity (Wildman–Crippen MR) is 102 cm³/mol. The van der Waals surface area contributed by atoms with Gasteiger partial charge >= 0.3 is 0 Å². The Hall–Kier alpha value is -3.19. The molecule has 0 saturated carbocycles. The normalized spacial score (nSPS) is 10.4. The Balaban J connectivity index is 1.74. The van der Waals surface area contributed by atoms with Crippen LogP contribution in [-0.4, -0.2) is 23.0 Å². The van der Waals surface area contributed by atoms with Gasteiger partial charge in [-0.2, -0.15) is 0 Å². The fourth-order valence-electron chi connectivity index (χ4n) is 2.33. The van der Waals surface area contributed by atoms with Crippen molar-refractivity contribution in [2.75, 3.05) is 17.7 Å². The van der Waals surface area contributed by atoms with Gasteiger partial charge in [-0.1, -0.05) is 17.7 Å². The van der Waals surface area contributed by atoms with E-state index in [9.17, 15) is 9.18 Å². The average Bonchev–Trinajstić information content (AvgIpc) is 2.65. The smallest absolute Gasteiger partial charge is 0.258 e. The summed E-state index contributed by atoms with van der Waals surface area (Å²) in [7, 11) is 1.53. The molecule has 0 aliphatic rings. The minimum absolute atomic E-state index is 0.240. The van der Waals surface area contributed by atoms with Crippen molar-refractivity contribution >= 4 is 34.8 Å². The average molecular weight is 387 g/mol. The molecule has 1 aromatic heterocycles. The van der Waals surface area contributed by atoms with Gasteiger partial charge < -0.3 is 15.4 Å². The highest BCUT2D eigenvalue weighted by atomic mass is 35.5. The van der Waals surface area contributed by atoms with E-state index in [0.29, 0.717) is 22.1 Å². The summed E-state index contributed by atoms with van der Waals surface area (Å²) in [5.74, 6) is -0.0395. The van der Waals surface area contributed by atoms with Crippen LogP contribution in [0.4, 0.5) is 21.7 Å². The highest BCUT2D eigenvalue weighted by molar-refractivity contribution is 6.31. The van der Waals surface area contributed by atoms with E-state index in [-0.39, 0.29) is 11.5 Å². The quantitative estimate of drug-likeness (QED) is 0.671. The van der Waals surface area contributed by atoms with Gasteiger partial charge in [0, 0.05) is 29.2 Å². The summed E-state index contributed by atoms with van der Waals surface area (Å²) < 4.78 is 18.5. The Labute approximate surface area is 160 Å². The summed E-state index contributed by atoms with van der Waals surface area (Å²) in [5.41, 5.74) is 2.11.